The summed E-state index contributed by atoms with van der Waals surface area (Å²) >= 11 is 3.09. The molecular weight excluding hydrogens is 414 g/mol. The average Bonchev–Trinajstić information content (AvgIpc) is 2.54. The predicted octanol–water partition coefficient (Wildman–Crippen LogP) is 7.48. The van der Waals surface area contributed by atoms with Crippen molar-refractivity contribution in [2.45, 2.75) is 91.9 Å². The monoisotopic (exact) mass is 452 g/mol. The third kappa shape index (κ3) is 13.3. The van der Waals surface area contributed by atoms with Crippen molar-refractivity contribution in [1.82, 2.24) is 0 Å². The van der Waals surface area contributed by atoms with E-state index in [-0.39, 0.29) is 0 Å². The van der Waals surface area contributed by atoms with Crippen molar-refractivity contribution in [2.75, 3.05) is 6.61 Å². The number of carbonyl (C=O) groups is 1. The number of carbonyl (C=O) groups excluding carboxylic acids is 1. The molecule has 0 atom stereocenters. The van der Waals surface area contributed by atoms with E-state index in [0.717, 1.165) is 19.3 Å². The van der Waals surface area contributed by atoms with Crippen LogP contribution in [0.3, 0.4) is 0 Å². The second kappa shape index (κ2) is 15.8. The van der Waals surface area contributed by atoms with Crippen LogP contribution < -0.4 is 0 Å². The summed E-state index contributed by atoms with van der Waals surface area (Å²) in [4.78, 5) is 10.5. The molecule has 0 heterocycles. The first-order valence-electron chi connectivity index (χ1n) is 9.60. The van der Waals surface area contributed by atoms with E-state index in [1.807, 2.05) is 0 Å². The Morgan fingerprint density at radius 2 is 1.43 bits per heavy atom. The summed E-state index contributed by atoms with van der Waals surface area (Å²) in [5.41, 5.74) is -0.686. The Labute approximate surface area is 153 Å². The van der Waals surface area contributed by atoms with Crippen LogP contribution >= 0.6 is 11.6 Å². The number of rotatable bonds is 15. The fourth-order valence-corrected chi connectivity index (χ4v) is 17.7. The molecular formula is C19H37ClO2Sn. The fraction of sp³-hybridized carbons (Fsp3) is 0.842. The van der Waals surface area contributed by atoms with Crippen molar-refractivity contribution in [1.29, 1.82) is 0 Å². The SMILES string of the molecule is CCC[CH2][Sn](/[CH]=C/CCCCOC(=O)Cl)([CH2]CCC)[CH2]CCC. The van der Waals surface area contributed by atoms with Gasteiger partial charge in [-0.05, 0) is 0 Å². The third-order valence-electron chi connectivity index (χ3n) is 4.54. The van der Waals surface area contributed by atoms with E-state index < -0.39 is 23.8 Å². The molecule has 0 fully saturated rings. The van der Waals surface area contributed by atoms with Crippen molar-refractivity contribution in [3.63, 3.8) is 0 Å². The van der Waals surface area contributed by atoms with Crippen LogP contribution in [0.1, 0.15) is 78.6 Å². The summed E-state index contributed by atoms with van der Waals surface area (Å²) in [5, 5.41) is 0. The summed E-state index contributed by atoms with van der Waals surface area (Å²) in [6.07, 6.45) is 13.8. The fourth-order valence-electron chi connectivity index (χ4n) is 3.06. The molecule has 0 unspecified atom stereocenters. The van der Waals surface area contributed by atoms with Gasteiger partial charge in [-0.1, -0.05) is 0 Å². The van der Waals surface area contributed by atoms with Crippen molar-refractivity contribution in [2.24, 2.45) is 0 Å². The van der Waals surface area contributed by atoms with Crippen molar-refractivity contribution < 1.29 is 9.53 Å². The molecule has 0 saturated heterocycles. The van der Waals surface area contributed by atoms with Gasteiger partial charge < -0.3 is 0 Å². The van der Waals surface area contributed by atoms with Gasteiger partial charge in [-0.3, -0.25) is 0 Å². The van der Waals surface area contributed by atoms with E-state index in [1.165, 1.54) is 51.8 Å². The molecule has 0 aliphatic carbocycles. The van der Waals surface area contributed by atoms with Crippen LogP contribution in [0.15, 0.2) is 10.2 Å². The van der Waals surface area contributed by atoms with E-state index >= 15 is 0 Å². The first-order chi connectivity index (χ1) is 11.1. The minimum absolute atomic E-state index is 0.450. The molecule has 0 saturated carbocycles. The molecule has 2 nitrogen and oxygen atoms in total. The molecule has 0 aromatic rings. The quantitative estimate of drug-likeness (QED) is 0.147. The molecule has 0 bridgehead atoms. The maximum atomic E-state index is 10.5. The molecule has 0 rings (SSSR count). The molecule has 0 radical (unpaired) electrons. The average molecular weight is 452 g/mol. The standard InChI is InChI=1S/C7H10ClO2.3C4H9.Sn/c1-2-3-4-5-6-10-7(8)9;3*1-3-4-2;/h1-2H,3-6H2;3*1,3-4H2,2H3;. The number of halogens is 1. The second-order valence-corrected chi connectivity index (χ2v) is 20.0. The Kier molecular flexibility index (Phi) is 16.0. The van der Waals surface area contributed by atoms with Gasteiger partial charge in [0.25, 0.3) is 0 Å². The van der Waals surface area contributed by atoms with Crippen molar-refractivity contribution >= 4 is 35.4 Å². The van der Waals surface area contributed by atoms with Gasteiger partial charge in [-0.15, -0.1) is 0 Å². The van der Waals surface area contributed by atoms with Crippen LogP contribution in [-0.4, -0.2) is 30.4 Å². The molecule has 23 heavy (non-hydrogen) atoms. The third-order valence-corrected chi connectivity index (χ3v) is 18.9. The first-order valence-corrected chi connectivity index (χ1v) is 17.7. The van der Waals surface area contributed by atoms with Gasteiger partial charge in [0.15, 0.2) is 0 Å². The van der Waals surface area contributed by atoms with Crippen LogP contribution in [0.4, 0.5) is 4.79 Å². The Balaban J connectivity index is 4.43. The molecule has 0 aliphatic rings. The van der Waals surface area contributed by atoms with E-state index in [4.69, 9.17) is 16.3 Å². The van der Waals surface area contributed by atoms with Gasteiger partial charge in [0.1, 0.15) is 0 Å². The Morgan fingerprint density at radius 3 is 1.87 bits per heavy atom. The minimum atomic E-state index is -2.07. The van der Waals surface area contributed by atoms with Crippen molar-refractivity contribution in [3.05, 3.63) is 10.2 Å². The number of ether oxygens (including phenoxy) is 1. The molecule has 0 aromatic heterocycles. The molecule has 0 aromatic carbocycles. The summed E-state index contributed by atoms with van der Waals surface area (Å²) in [5.74, 6) is 0. The molecule has 0 amide bonds. The van der Waals surface area contributed by atoms with Gasteiger partial charge in [-0.25, -0.2) is 0 Å². The summed E-state index contributed by atoms with van der Waals surface area (Å²) in [6.45, 7) is 7.40. The number of hydrogen-bond acceptors (Lipinski definition) is 2. The molecule has 4 heteroatoms. The van der Waals surface area contributed by atoms with Crippen LogP contribution in [0, 0.1) is 0 Å². The second-order valence-electron chi connectivity index (χ2n) is 6.66. The van der Waals surface area contributed by atoms with E-state index in [1.54, 1.807) is 0 Å². The topological polar surface area (TPSA) is 26.3 Å². The Morgan fingerprint density at radius 1 is 0.913 bits per heavy atom. The van der Waals surface area contributed by atoms with E-state index in [2.05, 4.69) is 30.9 Å². The van der Waals surface area contributed by atoms with Gasteiger partial charge in [0.05, 0.1) is 0 Å². The predicted molar refractivity (Wildman–Crippen MR) is 105 cm³/mol. The van der Waals surface area contributed by atoms with Gasteiger partial charge >= 0.3 is 154 Å². The zero-order valence-electron chi connectivity index (χ0n) is 15.5. The normalized spacial score (nSPS) is 12.0. The summed E-state index contributed by atoms with van der Waals surface area (Å²) in [6, 6.07) is 0. The van der Waals surface area contributed by atoms with Crippen LogP contribution in [0.2, 0.25) is 13.3 Å². The number of unbranched alkanes of at least 4 members (excludes halogenated alkanes) is 5. The summed E-state index contributed by atoms with van der Waals surface area (Å²) < 4.78 is 12.1. The van der Waals surface area contributed by atoms with Gasteiger partial charge in [-0.2, -0.15) is 0 Å². The molecule has 0 spiro atoms. The van der Waals surface area contributed by atoms with E-state index in [0.29, 0.717) is 6.61 Å². The number of allylic oxidation sites excluding steroid dienone is 1. The first kappa shape index (κ1) is 23.3. The Hall–Kier alpha value is 0.299. The van der Waals surface area contributed by atoms with E-state index in [9.17, 15) is 4.79 Å². The number of hydrogen-bond donors (Lipinski definition) is 0. The van der Waals surface area contributed by atoms with Crippen LogP contribution in [0.25, 0.3) is 0 Å². The van der Waals surface area contributed by atoms with Crippen LogP contribution in [-0.2, 0) is 4.74 Å². The van der Waals surface area contributed by atoms with Gasteiger partial charge in [0.2, 0.25) is 0 Å². The van der Waals surface area contributed by atoms with Gasteiger partial charge in [0, 0.05) is 0 Å². The summed E-state index contributed by atoms with van der Waals surface area (Å²) in [7, 11) is 0. The van der Waals surface area contributed by atoms with Crippen LogP contribution in [0.5, 0.6) is 0 Å². The maximum absolute atomic E-state index is 10.5. The zero-order chi connectivity index (χ0) is 17.4. The molecule has 0 aliphatic heterocycles. The molecule has 136 valence electrons. The van der Waals surface area contributed by atoms with Crippen molar-refractivity contribution in [3.8, 4) is 0 Å². The zero-order valence-corrected chi connectivity index (χ0v) is 19.2. The molecule has 0 N–H and O–H groups in total. The Bertz CT molecular complexity index is 297.